The van der Waals surface area contributed by atoms with E-state index in [0.29, 0.717) is 18.3 Å². The van der Waals surface area contributed by atoms with E-state index >= 15 is 0 Å². The van der Waals surface area contributed by atoms with Crippen LogP contribution in [-0.2, 0) is 17.5 Å². The summed E-state index contributed by atoms with van der Waals surface area (Å²) in [7, 11) is 0. The summed E-state index contributed by atoms with van der Waals surface area (Å²) in [6.45, 7) is 0.414. The molecule has 3 rings (SSSR count). The fourth-order valence-corrected chi connectivity index (χ4v) is 2.72. The first-order valence-electron chi connectivity index (χ1n) is 8.09. The number of carbonyl (C=O) groups excluding carboxylic acids is 1. The smallest absolute Gasteiger partial charge is 0.351 e. The maximum Gasteiger partial charge on any atom is 0.434 e. The van der Waals surface area contributed by atoms with Crippen molar-refractivity contribution >= 4 is 5.91 Å². The minimum atomic E-state index is -4.64. The molecule has 10 heteroatoms. The topological polar surface area (TPSA) is 66.9 Å². The van der Waals surface area contributed by atoms with Gasteiger partial charge in [0, 0.05) is 12.1 Å². The van der Waals surface area contributed by atoms with E-state index in [1.807, 2.05) is 0 Å². The Bertz CT molecular complexity index is 825. The lowest BCUT2D eigenvalue weighted by Crippen LogP contribution is -2.44. The quantitative estimate of drug-likeness (QED) is 0.793. The van der Waals surface area contributed by atoms with Crippen molar-refractivity contribution in [1.29, 1.82) is 0 Å². The van der Waals surface area contributed by atoms with Gasteiger partial charge >= 0.3 is 6.18 Å². The molecule has 1 amide bonds. The summed E-state index contributed by atoms with van der Waals surface area (Å²) in [5, 5.41) is 5.30. The number of alkyl halides is 4. The molecule has 1 saturated heterocycles. The highest BCUT2D eigenvalue weighted by Crippen LogP contribution is 2.28. The fraction of sp³-hybridized carbons (Fsp3) is 0.353. The lowest BCUT2D eigenvalue weighted by molar-refractivity contribution is -0.141. The van der Waals surface area contributed by atoms with E-state index in [9.17, 15) is 26.7 Å². The number of halogens is 5. The van der Waals surface area contributed by atoms with Gasteiger partial charge in [-0.05, 0) is 30.7 Å². The van der Waals surface area contributed by atoms with Gasteiger partial charge in [-0.3, -0.25) is 9.78 Å². The second-order valence-electron chi connectivity index (χ2n) is 6.05. The Morgan fingerprint density at radius 3 is 2.63 bits per heavy atom. The zero-order chi connectivity index (χ0) is 19.6. The maximum atomic E-state index is 14.0. The van der Waals surface area contributed by atoms with Crippen molar-refractivity contribution in [1.82, 2.24) is 20.6 Å². The third-order valence-electron chi connectivity index (χ3n) is 4.14. The molecule has 1 aliphatic heterocycles. The summed E-state index contributed by atoms with van der Waals surface area (Å²) in [6, 6.07) is 2.95. The number of carbonyl (C=O) groups is 1. The van der Waals surface area contributed by atoms with E-state index in [4.69, 9.17) is 0 Å². The van der Waals surface area contributed by atoms with Crippen molar-refractivity contribution in [3.05, 3.63) is 47.7 Å². The van der Waals surface area contributed by atoms with E-state index in [1.165, 1.54) is 12.1 Å². The molecule has 1 aromatic heterocycles. The fourth-order valence-electron chi connectivity index (χ4n) is 2.72. The van der Waals surface area contributed by atoms with Crippen LogP contribution in [0.3, 0.4) is 0 Å². The first-order chi connectivity index (χ1) is 12.8. The van der Waals surface area contributed by atoms with Crippen molar-refractivity contribution in [2.45, 2.75) is 31.4 Å². The van der Waals surface area contributed by atoms with Crippen LogP contribution < -0.4 is 10.6 Å². The van der Waals surface area contributed by atoms with E-state index in [-0.39, 0.29) is 24.2 Å². The molecule has 2 atom stereocenters. The van der Waals surface area contributed by atoms with Crippen LogP contribution in [0.5, 0.6) is 0 Å². The van der Waals surface area contributed by atoms with E-state index in [0.717, 1.165) is 12.3 Å². The second kappa shape index (κ2) is 7.55. The third-order valence-corrected chi connectivity index (χ3v) is 4.14. The molecule has 2 aromatic rings. The summed E-state index contributed by atoms with van der Waals surface area (Å²) in [4.78, 5) is 18.8. The molecule has 144 valence electrons. The molecule has 2 N–H and O–H groups in total. The minimum absolute atomic E-state index is 0.00504. The molecule has 2 heterocycles. The summed E-state index contributed by atoms with van der Waals surface area (Å²) in [5.41, 5.74) is -0.824. The van der Waals surface area contributed by atoms with Crippen molar-refractivity contribution in [2.24, 2.45) is 0 Å². The van der Waals surface area contributed by atoms with Crippen LogP contribution >= 0.6 is 0 Å². The molecule has 0 radical (unpaired) electrons. The number of rotatable bonds is 4. The van der Waals surface area contributed by atoms with Crippen LogP contribution in [0.25, 0.3) is 11.3 Å². The van der Waals surface area contributed by atoms with Gasteiger partial charge in [0.15, 0.2) is 5.69 Å². The molecule has 0 bridgehead atoms. The SMILES string of the molecule is O=C(NCc1ccc(F)c(-c2cnc(C(F)(F)F)cn2)c1)[C@H]1NCC[C@@H]1F. The van der Waals surface area contributed by atoms with Crippen molar-refractivity contribution in [3.63, 3.8) is 0 Å². The Balaban J connectivity index is 1.73. The summed E-state index contributed by atoms with van der Waals surface area (Å²) >= 11 is 0. The van der Waals surface area contributed by atoms with Crippen molar-refractivity contribution < 1.29 is 26.7 Å². The van der Waals surface area contributed by atoms with Gasteiger partial charge < -0.3 is 10.6 Å². The molecule has 0 spiro atoms. The lowest BCUT2D eigenvalue weighted by atomic mass is 10.1. The Morgan fingerprint density at radius 2 is 2.04 bits per heavy atom. The molecule has 0 saturated carbocycles. The highest BCUT2D eigenvalue weighted by Gasteiger charge is 2.33. The molecule has 0 aliphatic carbocycles. The molecular formula is C17H15F5N4O. The normalized spacial score (nSPS) is 19.9. The van der Waals surface area contributed by atoms with Crippen LogP contribution in [0.2, 0.25) is 0 Å². The molecular weight excluding hydrogens is 371 g/mol. The van der Waals surface area contributed by atoms with Crippen LogP contribution in [0, 0.1) is 5.82 Å². The largest absolute Gasteiger partial charge is 0.434 e. The van der Waals surface area contributed by atoms with Gasteiger partial charge in [0.1, 0.15) is 18.0 Å². The van der Waals surface area contributed by atoms with Gasteiger partial charge in [0.05, 0.1) is 18.1 Å². The van der Waals surface area contributed by atoms with E-state index in [2.05, 4.69) is 20.6 Å². The number of amides is 1. The Hall–Kier alpha value is -2.62. The Morgan fingerprint density at radius 1 is 1.26 bits per heavy atom. The van der Waals surface area contributed by atoms with Gasteiger partial charge in [-0.25, -0.2) is 13.8 Å². The predicted molar refractivity (Wildman–Crippen MR) is 85.6 cm³/mol. The number of nitrogens with zero attached hydrogens (tertiary/aromatic N) is 2. The van der Waals surface area contributed by atoms with Crippen LogP contribution in [0.1, 0.15) is 17.7 Å². The molecule has 27 heavy (non-hydrogen) atoms. The molecule has 1 aromatic carbocycles. The van der Waals surface area contributed by atoms with Crippen molar-refractivity contribution in [2.75, 3.05) is 6.54 Å². The predicted octanol–water partition coefficient (Wildman–Crippen LogP) is 2.62. The Labute approximate surface area is 151 Å². The Kier molecular flexibility index (Phi) is 5.36. The number of nitrogens with one attached hydrogen (secondary N) is 2. The number of hydrogen-bond acceptors (Lipinski definition) is 4. The molecule has 5 nitrogen and oxygen atoms in total. The third kappa shape index (κ3) is 4.38. The minimum Gasteiger partial charge on any atom is -0.351 e. The average Bonchev–Trinajstić information content (AvgIpc) is 3.06. The summed E-state index contributed by atoms with van der Waals surface area (Å²) < 4.78 is 65.2. The zero-order valence-corrected chi connectivity index (χ0v) is 13.9. The molecule has 0 unspecified atom stereocenters. The maximum absolute atomic E-state index is 14.0. The first kappa shape index (κ1) is 19.2. The van der Waals surface area contributed by atoms with Crippen LogP contribution in [0.15, 0.2) is 30.6 Å². The van der Waals surface area contributed by atoms with Crippen LogP contribution in [-0.4, -0.2) is 34.6 Å². The van der Waals surface area contributed by atoms with E-state index < -0.39 is 35.8 Å². The number of benzene rings is 1. The van der Waals surface area contributed by atoms with Gasteiger partial charge in [0.2, 0.25) is 5.91 Å². The van der Waals surface area contributed by atoms with E-state index in [1.54, 1.807) is 0 Å². The highest BCUT2D eigenvalue weighted by atomic mass is 19.4. The number of hydrogen-bond donors (Lipinski definition) is 2. The second-order valence-corrected chi connectivity index (χ2v) is 6.05. The van der Waals surface area contributed by atoms with Gasteiger partial charge in [-0.2, -0.15) is 13.2 Å². The molecule has 1 fully saturated rings. The van der Waals surface area contributed by atoms with Gasteiger partial charge in [0.25, 0.3) is 0 Å². The van der Waals surface area contributed by atoms with Crippen LogP contribution in [0.4, 0.5) is 22.0 Å². The average molecular weight is 386 g/mol. The lowest BCUT2D eigenvalue weighted by Gasteiger charge is -2.14. The number of aromatic nitrogens is 2. The first-order valence-corrected chi connectivity index (χ1v) is 8.09. The van der Waals surface area contributed by atoms with Crippen molar-refractivity contribution in [3.8, 4) is 11.3 Å². The monoisotopic (exact) mass is 386 g/mol. The summed E-state index contributed by atoms with van der Waals surface area (Å²) in [6.07, 6.45) is -4.29. The molecule has 1 aliphatic rings. The highest BCUT2D eigenvalue weighted by molar-refractivity contribution is 5.82. The standard InChI is InChI=1S/C17H15F5N4O/c18-11-2-1-9(6-26-16(27)15-12(19)3-4-23-15)5-10(11)13-7-25-14(8-24-13)17(20,21)22/h1-2,5,7-8,12,15,23H,3-4,6H2,(H,26,27)/t12-,15-/m0/s1. The van der Waals surface area contributed by atoms with Gasteiger partial charge in [-0.1, -0.05) is 6.07 Å². The summed E-state index contributed by atoms with van der Waals surface area (Å²) in [5.74, 6) is -1.21. The van der Waals surface area contributed by atoms with Gasteiger partial charge in [-0.15, -0.1) is 0 Å². The zero-order valence-electron chi connectivity index (χ0n) is 13.9.